The lowest BCUT2D eigenvalue weighted by Crippen LogP contribution is -2.56. The van der Waals surface area contributed by atoms with Gasteiger partial charge in [0.1, 0.15) is 23.0 Å². The van der Waals surface area contributed by atoms with Crippen LogP contribution >= 0.6 is 0 Å². The Morgan fingerprint density at radius 3 is 1.65 bits per heavy atom. The Morgan fingerprint density at radius 2 is 1.11 bits per heavy atom. The third kappa shape index (κ3) is 10.8. The Labute approximate surface area is 369 Å². The molecular weight excluding hydrogens is 801 g/mol. The van der Waals surface area contributed by atoms with Crippen LogP contribution in [-0.4, -0.2) is 145 Å². The van der Waals surface area contributed by atoms with Gasteiger partial charge in [0.25, 0.3) is 17.7 Å². The van der Waals surface area contributed by atoms with Gasteiger partial charge in [0, 0.05) is 88.2 Å². The van der Waals surface area contributed by atoms with Crippen LogP contribution in [-0.2, 0) is 13.0 Å². The lowest BCUT2D eigenvalue weighted by atomic mass is 9.94. The van der Waals surface area contributed by atoms with E-state index in [9.17, 15) is 19.5 Å². The molecule has 3 amide bonds. The fourth-order valence-electron chi connectivity index (χ4n) is 9.03. The summed E-state index contributed by atoms with van der Waals surface area (Å²) in [6.45, 7) is 12.1. The zero-order chi connectivity index (χ0) is 44.0. The molecule has 4 aromatic rings. The van der Waals surface area contributed by atoms with Gasteiger partial charge in [-0.05, 0) is 89.5 Å². The van der Waals surface area contributed by atoms with E-state index in [1.165, 1.54) is 11.1 Å². The first-order chi connectivity index (χ1) is 30.4. The largest absolute Gasteiger partial charge is 0.461 e. The number of carbonyl (C=O) groups is 3. The zero-order valence-electron chi connectivity index (χ0n) is 36.8. The van der Waals surface area contributed by atoms with Crippen molar-refractivity contribution in [3.05, 3.63) is 94.8 Å². The van der Waals surface area contributed by atoms with Gasteiger partial charge in [0.05, 0.1) is 18.3 Å². The number of amides is 3. The molecule has 3 fully saturated rings. The monoisotopic (exact) mass is 860 g/mol. The highest BCUT2D eigenvalue weighted by Crippen LogP contribution is 2.28. The van der Waals surface area contributed by atoms with Crippen molar-refractivity contribution in [2.75, 3.05) is 56.4 Å². The van der Waals surface area contributed by atoms with Crippen LogP contribution < -0.4 is 20.1 Å². The molecule has 0 spiro atoms. The van der Waals surface area contributed by atoms with Gasteiger partial charge in [-0.3, -0.25) is 19.3 Å². The number of hydrogen-bond donors (Lipinski definition) is 3. The van der Waals surface area contributed by atoms with Crippen LogP contribution in [0.3, 0.4) is 0 Å². The fourth-order valence-corrected chi connectivity index (χ4v) is 9.03. The minimum atomic E-state index is -0.687. The molecule has 4 aliphatic heterocycles. The molecule has 16 heteroatoms. The van der Waals surface area contributed by atoms with Gasteiger partial charge in [-0.15, -0.1) is 0 Å². The van der Waals surface area contributed by atoms with Crippen molar-refractivity contribution in [1.29, 1.82) is 0 Å². The molecule has 16 nitrogen and oxygen atoms in total. The highest BCUT2D eigenvalue weighted by atomic mass is 16.5. The standard InChI is InChI=1S/C47H60N10O6/c1-30(2)62-46-50-37(26-41(52-46)48-35-15-21-54(22-16-35)43(59)33-11-6-5-7-12-33)44(60)55-23-17-36(18-24-55)49-42-27-38(51-47(53-42)63-31(3)4)45(61)57-25-19-39(40(58)29-57)56-20-14-32-10-8-9-13-34(32)28-56/h5-13,26-27,30-31,35-36,39-40,58H,14-25,28-29H2,1-4H3,(H,48,50,52)(H,49,51,53)/t39-,40-/m1/s1. The zero-order valence-corrected chi connectivity index (χ0v) is 36.8. The first-order valence-corrected chi connectivity index (χ1v) is 22.5. The van der Waals surface area contributed by atoms with Crippen LogP contribution in [0.15, 0.2) is 66.7 Å². The highest BCUT2D eigenvalue weighted by Gasteiger charge is 2.36. The molecule has 3 N–H and O–H groups in total. The number of anilines is 2. The maximum Gasteiger partial charge on any atom is 0.319 e. The predicted molar refractivity (Wildman–Crippen MR) is 238 cm³/mol. The van der Waals surface area contributed by atoms with E-state index in [1.54, 1.807) is 21.9 Å². The number of benzene rings is 2. The first-order valence-electron chi connectivity index (χ1n) is 22.5. The number of rotatable bonds is 12. The Hall–Kier alpha value is -5.87. The minimum absolute atomic E-state index is 0.0282. The average molecular weight is 861 g/mol. The van der Waals surface area contributed by atoms with E-state index in [0.717, 1.165) is 32.4 Å². The van der Waals surface area contributed by atoms with E-state index in [0.29, 0.717) is 69.2 Å². The third-order valence-corrected chi connectivity index (χ3v) is 12.3. The molecule has 0 unspecified atom stereocenters. The number of nitrogens with zero attached hydrogens (tertiary/aromatic N) is 8. The van der Waals surface area contributed by atoms with Crippen molar-refractivity contribution in [2.24, 2.45) is 0 Å². The molecule has 0 aliphatic carbocycles. The first kappa shape index (κ1) is 43.8. The number of ether oxygens (including phenoxy) is 2. The number of nitrogens with one attached hydrogen (secondary N) is 2. The van der Waals surface area contributed by atoms with Gasteiger partial charge < -0.3 is 39.9 Å². The number of carbonyl (C=O) groups excluding carboxylic acids is 3. The second-order valence-corrected chi connectivity index (χ2v) is 17.6. The van der Waals surface area contributed by atoms with Crippen molar-refractivity contribution in [3.63, 3.8) is 0 Å². The normalized spacial score (nSPS) is 20.1. The lowest BCUT2D eigenvalue weighted by Gasteiger charge is -2.43. The van der Waals surface area contributed by atoms with Crippen molar-refractivity contribution in [1.82, 2.24) is 39.5 Å². The molecule has 2 aromatic heterocycles. The van der Waals surface area contributed by atoms with Gasteiger partial charge in [-0.2, -0.15) is 19.9 Å². The fraction of sp³-hybridized carbons (Fsp3) is 0.511. The quantitative estimate of drug-likeness (QED) is 0.175. The number of aromatic nitrogens is 4. The summed E-state index contributed by atoms with van der Waals surface area (Å²) in [6.07, 6.45) is 3.25. The summed E-state index contributed by atoms with van der Waals surface area (Å²) in [7, 11) is 0. The lowest BCUT2D eigenvalue weighted by molar-refractivity contribution is -0.0139. The summed E-state index contributed by atoms with van der Waals surface area (Å²) in [4.78, 5) is 66.9. The van der Waals surface area contributed by atoms with Crippen LogP contribution in [0.2, 0.25) is 0 Å². The number of β-amino-alcohol motifs (C(OH)–C–C–N with tert-alkyl or cyclic N) is 1. The van der Waals surface area contributed by atoms with Crippen LogP contribution in [0.25, 0.3) is 0 Å². The number of hydrogen-bond acceptors (Lipinski definition) is 13. The number of fused-ring (bicyclic) bond motifs is 1. The van der Waals surface area contributed by atoms with Gasteiger partial charge >= 0.3 is 12.0 Å². The molecule has 3 saturated heterocycles. The van der Waals surface area contributed by atoms with Gasteiger partial charge in [0.15, 0.2) is 0 Å². The number of aliphatic hydroxyl groups is 1. The van der Waals surface area contributed by atoms with E-state index in [-0.39, 0.29) is 78.0 Å². The third-order valence-electron chi connectivity index (χ3n) is 12.3. The van der Waals surface area contributed by atoms with E-state index < -0.39 is 6.10 Å². The maximum atomic E-state index is 14.0. The topological polar surface area (TPSA) is 178 Å². The number of aliphatic hydroxyl groups excluding tert-OH is 1. The van der Waals surface area contributed by atoms with Crippen molar-refractivity contribution in [3.8, 4) is 12.0 Å². The summed E-state index contributed by atoms with van der Waals surface area (Å²) in [6, 6.07) is 21.4. The summed E-state index contributed by atoms with van der Waals surface area (Å²) in [5.74, 6) is 0.511. The van der Waals surface area contributed by atoms with Crippen molar-refractivity contribution in [2.45, 2.75) is 109 Å². The van der Waals surface area contributed by atoms with Crippen molar-refractivity contribution < 1.29 is 29.0 Å². The SMILES string of the molecule is CC(C)Oc1nc(NC2CCN(C(=O)c3ccccc3)CC2)cc(C(=O)N2CCC(Nc3cc(C(=O)N4CC[C@@H](N5CCc6ccccc6C5)[C@H](O)C4)nc(OC(C)C)n3)CC2)n1. The van der Waals surface area contributed by atoms with E-state index in [1.807, 2.05) is 62.9 Å². The molecule has 63 heavy (non-hydrogen) atoms. The molecule has 0 saturated carbocycles. The molecule has 8 rings (SSSR count). The van der Waals surface area contributed by atoms with Crippen LogP contribution in [0, 0.1) is 0 Å². The molecule has 0 bridgehead atoms. The van der Waals surface area contributed by atoms with Gasteiger partial charge in [-0.1, -0.05) is 42.5 Å². The van der Waals surface area contributed by atoms with E-state index in [4.69, 9.17) is 9.47 Å². The summed E-state index contributed by atoms with van der Waals surface area (Å²) in [5, 5.41) is 18.3. The highest BCUT2D eigenvalue weighted by molar-refractivity contribution is 5.95. The summed E-state index contributed by atoms with van der Waals surface area (Å²) in [5.41, 5.74) is 3.79. The Bertz CT molecular complexity index is 2230. The molecule has 6 heterocycles. The van der Waals surface area contributed by atoms with Crippen LogP contribution in [0.5, 0.6) is 12.0 Å². The average Bonchev–Trinajstić information content (AvgIpc) is 3.28. The number of likely N-dealkylation sites (tertiary alicyclic amines) is 3. The van der Waals surface area contributed by atoms with Crippen LogP contribution in [0.1, 0.15) is 102 Å². The second-order valence-electron chi connectivity index (χ2n) is 17.6. The van der Waals surface area contributed by atoms with Gasteiger partial charge in [0.2, 0.25) is 0 Å². The molecule has 2 aromatic carbocycles. The smallest absolute Gasteiger partial charge is 0.319 e. The Morgan fingerprint density at radius 1 is 0.619 bits per heavy atom. The van der Waals surface area contributed by atoms with Crippen molar-refractivity contribution >= 4 is 29.4 Å². The van der Waals surface area contributed by atoms with Crippen LogP contribution in [0.4, 0.5) is 11.6 Å². The number of piperidine rings is 3. The van der Waals surface area contributed by atoms with E-state index in [2.05, 4.69) is 59.7 Å². The molecular formula is C47H60N10O6. The Balaban J connectivity index is 0.875. The Kier molecular flexibility index (Phi) is 13.7. The minimum Gasteiger partial charge on any atom is -0.461 e. The molecule has 0 radical (unpaired) electrons. The molecule has 4 aliphatic rings. The molecule has 2 atom stereocenters. The summed E-state index contributed by atoms with van der Waals surface area (Å²) < 4.78 is 11.8. The van der Waals surface area contributed by atoms with E-state index >= 15 is 0 Å². The second kappa shape index (κ2) is 19.7. The maximum absolute atomic E-state index is 14.0. The van der Waals surface area contributed by atoms with Gasteiger partial charge in [-0.25, -0.2) is 0 Å². The summed E-state index contributed by atoms with van der Waals surface area (Å²) >= 11 is 0. The predicted octanol–water partition coefficient (Wildman–Crippen LogP) is 4.91. The molecule has 334 valence electrons.